The van der Waals surface area contributed by atoms with Gasteiger partial charge in [0.2, 0.25) is 0 Å². The van der Waals surface area contributed by atoms with Crippen LogP contribution >= 0.6 is 0 Å². The number of nitriles is 1. The minimum absolute atomic E-state index is 0.112. The fourth-order valence-electron chi connectivity index (χ4n) is 2.94. The van der Waals surface area contributed by atoms with Crippen LogP contribution in [-0.2, 0) is 11.2 Å². The lowest BCUT2D eigenvalue weighted by Gasteiger charge is -2.04. The molecular weight excluding hydrogens is 312 g/mol. The van der Waals surface area contributed by atoms with E-state index >= 15 is 0 Å². The number of fused-ring (bicyclic) bond motifs is 1. The summed E-state index contributed by atoms with van der Waals surface area (Å²) in [5.74, 6) is -0.347. The lowest BCUT2D eigenvalue weighted by atomic mass is 10.1. The molecule has 1 amide bonds. The van der Waals surface area contributed by atoms with Gasteiger partial charge in [0.25, 0.3) is 5.91 Å². The van der Waals surface area contributed by atoms with Crippen molar-refractivity contribution in [1.29, 1.82) is 5.26 Å². The number of aromatic nitrogens is 2. The number of carbonyl (C=O) groups is 1. The molecule has 0 aliphatic carbocycles. The van der Waals surface area contributed by atoms with Crippen molar-refractivity contribution >= 4 is 22.9 Å². The average molecular weight is 332 g/mol. The molecule has 0 saturated carbocycles. The summed E-state index contributed by atoms with van der Waals surface area (Å²) >= 11 is 0. The first-order valence-corrected chi connectivity index (χ1v) is 8.19. The van der Waals surface area contributed by atoms with Crippen molar-refractivity contribution in [2.45, 2.75) is 20.3 Å². The first-order chi connectivity index (χ1) is 12.1. The maximum Gasteiger partial charge on any atom is 0.261 e. The van der Waals surface area contributed by atoms with Crippen molar-refractivity contribution in [1.82, 2.24) is 15.3 Å². The van der Waals surface area contributed by atoms with E-state index in [4.69, 9.17) is 0 Å². The molecule has 0 fully saturated rings. The highest BCUT2D eigenvalue weighted by Crippen LogP contribution is 2.18. The number of benzene rings is 1. The zero-order valence-corrected chi connectivity index (χ0v) is 14.3. The number of H-pyrrole nitrogens is 2. The standard InChI is InChI=1S/C20H20N4O/c1-13-9-16(14(2)24-13)10-17(11-21)20(25)22-8-7-15-12-23-19-6-4-3-5-18(15)19/h3-6,9-10,12,23-24H,7-8H2,1-2H3,(H,22,25)/b17-10-. The summed E-state index contributed by atoms with van der Waals surface area (Å²) in [6, 6.07) is 12.0. The van der Waals surface area contributed by atoms with E-state index in [0.29, 0.717) is 13.0 Å². The van der Waals surface area contributed by atoms with E-state index in [0.717, 1.165) is 33.4 Å². The highest BCUT2D eigenvalue weighted by molar-refractivity contribution is 6.01. The largest absolute Gasteiger partial charge is 0.362 e. The topological polar surface area (TPSA) is 84.5 Å². The number of amides is 1. The molecule has 2 heterocycles. The summed E-state index contributed by atoms with van der Waals surface area (Å²) in [6.45, 7) is 4.34. The van der Waals surface area contributed by atoms with E-state index in [1.165, 1.54) is 0 Å². The highest BCUT2D eigenvalue weighted by Gasteiger charge is 2.11. The number of carbonyl (C=O) groups excluding carboxylic acids is 1. The van der Waals surface area contributed by atoms with Crippen LogP contribution in [0, 0.1) is 25.2 Å². The molecule has 1 aromatic carbocycles. The zero-order chi connectivity index (χ0) is 17.8. The van der Waals surface area contributed by atoms with E-state index in [1.54, 1.807) is 6.08 Å². The lowest BCUT2D eigenvalue weighted by Crippen LogP contribution is -2.26. The molecule has 0 aliphatic rings. The van der Waals surface area contributed by atoms with Crippen LogP contribution in [0.2, 0.25) is 0 Å². The molecule has 0 spiro atoms. The fourth-order valence-corrected chi connectivity index (χ4v) is 2.94. The van der Waals surface area contributed by atoms with Crippen molar-refractivity contribution in [3.8, 4) is 6.07 Å². The van der Waals surface area contributed by atoms with Crippen molar-refractivity contribution in [3.05, 3.63) is 64.6 Å². The molecule has 2 aromatic heterocycles. The number of hydrogen-bond donors (Lipinski definition) is 3. The van der Waals surface area contributed by atoms with Gasteiger partial charge in [-0.2, -0.15) is 5.26 Å². The third-order valence-electron chi connectivity index (χ3n) is 4.21. The van der Waals surface area contributed by atoms with Gasteiger partial charge in [-0.25, -0.2) is 0 Å². The molecule has 3 rings (SSSR count). The van der Waals surface area contributed by atoms with E-state index in [2.05, 4.69) is 21.4 Å². The second-order valence-corrected chi connectivity index (χ2v) is 6.07. The molecule has 0 radical (unpaired) electrons. The summed E-state index contributed by atoms with van der Waals surface area (Å²) in [7, 11) is 0. The molecule has 5 nitrogen and oxygen atoms in total. The Bertz CT molecular complexity index is 985. The first-order valence-electron chi connectivity index (χ1n) is 8.19. The summed E-state index contributed by atoms with van der Waals surface area (Å²) in [5.41, 5.74) is 5.15. The van der Waals surface area contributed by atoms with Crippen LogP contribution in [0.5, 0.6) is 0 Å². The van der Waals surface area contributed by atoms with Gasteiger partial charge in [0.05, 0.1) is 0 Å². The molecular formula is C20H20N4O. The molecule has 3 N–H and O–H groups in total. The molecule has 0 aliphatic heterocycles. The van der Waals surface area contributed by atoms with Crippen molar-refractivity contribution in [3.63, 3.8) is 0 Å². The predicted molar refractivity (Wildman–Crippen MR) is 98.9 cm³/mol. The Hall–Kier alpha value is -3.26. The quantitative estimate of drug-likeness (QED) is 0.494. The second-order valence-electron chi connectivity index (χ2n) is 6.07. The van der Waals surface area contributed by atoms with E-state index in [9.17, 15) is 10.1 Å². The van der Waals surface area contributed by atoms with Gasteiger partial charge in [-0.3, -0.25) is 4.79 Å². The van der Waals surface area contributed by atoms with Crippen molar-refractivity contribution in [2.75, 3.05) is 6.54 Å². The van der Waals surface area contributed by atoms with Gasteiger partial charge in [0.1, 0.15) is 11.6 Å². The van der Waals surface area contributed by atoms with Gasteiger partial charge in [0, 0.05) is 35.0 Å². The normalized spacial score (nSPS) is 11.5. The molecule has 126 valence electrons. The number of para-hydroxylation sites is 1. The monoisotopic (exact) mass is 332 g/mol. The van der Waals surface area contributed by atoms with Crippen LogP contribution in [0.3, 0.4) is 0 Å². The van der Waals surface area contributed by atoms with E-state index in [-0.39, 0.29) is 11.5 Å². The zero-order valence-electron chi connectivity index (χ0n) is 14.3. The molecule has 0 bridgehead atoms. The molecule has 0 atom stereocenters. The van der Waals surface area contributed by atoms with Crippen molar-refractivity contribution < 1.29 is 4.79 Å². The van der Waals surface area contributed by atoms with Crippen LogP contribution in [0.25, 0.3) is 17.0 Å². The van der Waals surface area contributed by atoms with Gasteiger partial charge >= 0.3 is 0 Å². The Morgan fingerprint density at radius 3 is 2.84 bits per heavy atom. The van der Waals surface area contributed by atoms with Crippen LogP contribution in [-0.4, -0.2) is 22.4 Å². The van der Waals surface area contributed by atoms with Crippen molar-refractivity contribution in [2.24, 2.45) is 0 Å². The van der Waals surface area contributed by atoms with Gasteiger partial charge < -0.3 is 15.3 Å². The number of rotatable bonds is 5. The maximum atomic E-state index is 12.3. The minimum Gasteiger partial charge on any atom is -0.362 e. The molecule has 3 aromatic rings. The van der Waals surface area contributed by atoms with Crippen LogP contribution in [0.1, 0.15) is 22.5 Å². The summed E-state index contributed by atoms with van der Waals surface area (Å²) in [4.78, 5) is 18.7. The number of nitrogens with one attached hydrogen (secondary N) is 3. The first kappa shape index (κ1) is 16.6. The van der Waals surface area contributed by atoms with Crippen LogP contribution < -0.4 is 5.32 Å². The molecule has 0 saturated heterocycles. The molecule has 25 heavy (non-hydrogen) atoms. The van der Waals surface area contributed by atoms with Crippen LogP contribution in [0.4, 0.5) is 0 Å². The number of aromatic amines is 2. The fraction of sp³-hybridized carbons (Fsp3) is 0.200. The van der Waals surface area contributed by atoms with Gasteiger partial charge in [-0.1, -0.05) is 18.2 Å². The van der Waals surface area contributed by atoms with E-state index in [1.807, 2.05) is 50.4 Å². The van der Waals surface area contributed by atoms with Gasteiger partial charge in [-0.05, 0) is 49.6 Å². The average Bonchev–Trinajstić information content (AvgIpc) is 3.15. The SMILES string of the molecule is Cc1cc(/C=C(/C#N)C(=O)NCCc2c[nH]c3ccccc23)c(C)[nH]1. The van der Waals surface area contributed by atoms with Crippen LogP contribution in [0.15, 0.2) is 42.1 Å². The van der Waals surface area contributed by atoms with Gasteiger partial charge in [-0.15, -0.1) is 0 Å². The number of hydrogen-bond acceptors (Lipinski definition) is 2. The molecule has 5 heteroatoms. The lowest BCUT2D eigenvalue weighted by molar-refractivity contribution is -0.117. The number of aryl methyl sites for hydroxylation is 2. The summed E-state index contributed by atoms with van der Waals surface area (Å²) in [5, 5.41) is 13.3. The maximum absolute atomic E-state index is 12.3. The van der Waals surface area contributed by atoms with Gasteiger partial charge in [0.15, 0.2) is 0 Å². The second kappa shape index (κ2) is 7.10. The Morgan fingerprint density at radius 2 is 2.12 bits per heavy atom. The third-order valence-corrected chi connectivity index (χ3v) is 4.21. The summed E-state index contributed by atoms with van der Waals surface area (Å²) in [6.07, 6.45) is 4.29. The number of nitrogens with zero attached hydrogens (tertiary/aromatic N) is 1. The third kappa shape index (κ3) is 3.64. The highest BCUT2D eigenvalue weighted by atomic mass is 16.1. The van der Waals surface area contributed by atoms with E-state index < -0.39 is 0 Å². The Labute approximate surface area is 146 Å². The Morgan fingerprint density at radius 1 is 1.32 bits per heavy atom. The molecule has 0 unspecified atom stereocenters. The summed E-state index contributed by atoms with van der Waals surface area (Å²) < 4.78 is 0. The smallest absolute Gasteiger partial charge is 0.261 e. The Balaban J connectivity index is 1.65. The Kier molecular flexibility index (Phi) is 4.71. The minimum atomic E-state index is -0.347. The predicted octanol–water partition coefficient (Wildman–Crippen LogP) is 3.38.